The van der Waals surface area contributed by atoms with E-state index in [9.17, 15) is 18.4 Å². The fraction of sp³-hybridized carbons (Fsp3) is 0.263. The molecule has 136 valence electrons. The van der Waals surface area contributed by atoms with Crippen molar-refractivity contribution in [3.05, 3.63) is 65.7 Å². The first-order chi connectivity index (χ1) is 12.5. The van der Waals surface area contributed by atoms with E-state index in [1.807, 2.05) is 0 Å². The number of benzene rings is 2. The van der Waals surface area contributed by atoms with Gasteiger partial charge >= 0.3 is 6.03 Å². The quantitative estimate of drug-likeness (QED) is 0.614. The third kappa shape index (κ3) is 3.44. The van der Waals surface area contributed by atoms with Crippen molar-refractivity contribution in [3.8, 4) is 0 Å². The minimum Gasteiger partial charge on any atom is -0.319 e. The van der Waals surface area contributed by atoms with E-state index in [2.05, 4.69) is 5.32 Å². The van der Waals surface area contributed by atoms with Gasteiger partial charge in [-0.05, 0) is 48.4 Å². The van der Waals surface area contributed by atoms with E-state index in [0.717, 1.165) is 4.90 Å². The number of carbonyl (C=O) groups excluding carboxylic acids is 2. The van der Waals surface area contributed by atoms with Crippen LogP contribution in [0, 0.1) is 11.6 Å². The molecule has 1 aliphatic rings. The normalized spacial score (nSPS) is 19.7. The molecule has 1 atom stereocenters. The summed E-state index contributed by atoms with van der Waals surface area (Å²) in [5.41, 5.74) is -0.598. The second-order valence-corrected chi connectivity index (χ2v) is 7.12. The molecule has 7 heteroatoms. The second-order valence-electron chi connectivity index (χ2n) is 5.96. The van der Waals surface area contributed by atoms with Crippen LogP contribution < -0.4 is 5.32 Å². The van der Waals surface area contributed by atoms with Crippen LogP contribution in [0.2, 0.25) is 0 Å². The Morgan fingerprint density at radius 1 is 1.00 bits per heavy atom. The van der Waals surface area contributed by atoms with Crippen LogP contribution in [0.5, 0.6) is 0 Å². The summed E-state index contributed by atoms with van der Waals surface area (Å²) in [7, 11) is 0. The van der Waals surface area contributed by atoms with Crippen molar-refractivity contribution < 1.29 is 18.4 Å². The number of carbonyl (C=O) groups is 2. The molecule has 3 rings (SSSR count). The van der Waals surface area contributed by atoms with Gasteiger partial charge in [0.25, 0.3) is 5.91 Å². The number of amides is 3. The highest BCUT2D eigenvalue weighted by Gasteiger charge is 2.50. The SMILES string of the molecule is CCC1(c2ccc(F)cc2)NC(=O)N(CCSc2ccc(F)cc2)C1=O. The molecule has 0 radical (unpaired) electrons. The molecule has 1 saturated heterocycles. The number of hydrogen-bond donors (Lipinski definition) is 1. The molecule has 1 N–H and O–H groups in total. The molecular formula is C19H18F2N2O2S. The van der Waals surface area contributed by atoms with Crippen LogP contribution in [0.4, 0.5) is 13.6 Å². The molecule has 0 aliphatic carbocycles. The minimum absolute atomic E-state index is 0.232. The zero-order valence-corrected chi connectivity index (χ0v) is 15.0. The largest absolute Gasteiger partial charge is 0.325 e. The number of hydrogen-bond acceptors (Lipinski definition) is 3. The lowest BCUT2D eigenvalue weighted by Crippen LogP contribution is -2.43. The van der Waals surface area contributed by atoms with Crippen molar-refractivity contribution in [3.63, 3.8) is 0 Å². The number of urea groups is 1. The number of rotatable bonds is 6. The summed E-state index contributed by atoms with van der Waals surface area (Å²) in [6.07, 6.45) is 0.366. The van der Waals surface area contributed by atoms with Crippen LogP contribution in [0.3, 0.4) is 0 Å². The van der Waals surface area contributed by atoms with Crippen LogP contribution in [0.15, 0.2) is 53.4 Å². The van der Waals surface area contributed by atoms with Crippen LogP contribution >= 0.6 is 11.8 Å². The average molecular weight is 376 g/mol. The van der Waals surface area contributed by atoms with E-state index >= 15 is 0 Å². The number of imide groups is 1. The van der Waals surface area contributed by atoms with Gasteiger partial charge in [0, 0.05) is 17.2 Å². The lowest BCUT2D eigenvalue weighted by atomic mass is 9.87. The smallest absolute Gasteiger partial charge is 0.319 e. The molecule has 1 heterocycles. The number of nitrogens with one attached hydrogen (secondary N) is 1. The lowest BCUT2D eigenvalue weighted by Gasteiger charge is -2.25. The highest BCUT2D eigenvalue weighted by atomic mass is 32.2. The van der Waals surface area contributed by atoms with E-state index in [-0.39, 0.29) is 18.3 Å². The van der Waals surface area contributed by atoms with Gasteiger partial charge in [-0.25, -0.2) is 13.6 Å². The zero-order valence-electron chi connectivity index (χ0n) is 14.2. The molecule has 1 unspecified atom stereocenters. The van der Waals surface area contributed by atoms with Crippen molar-refractivity contribution in [2.45, 2.75) is 23.8 Å². The Labute approximate surface area is 154 Å². The summed E-state index contributed by atoms with van der Waals surface area (Å²) in [6.45, 7) is 2.04. The van der Waals surface area contributed by atoms with Gasteiger partial charge in [-0.3, -0.25) is 9.69 Å². The maximum atomic E-state index is 13.2. The van der Waals surface area contributed by atoms with Crippen molar-refractivity contribution in [1.82, 2.24) is 10.2 Å². The van der Waals surface area contributed by atoms with E-state index in [1.165, 1.54) is 53.1 Å². The first kappa shape index (κ1) is 18.4. The number of halogens is 2. The maximum Gasteiger partial charge on any atom is 0.325 e. The molecule has 1 aliphatic heterocycles. The third-order valence-electron chi connectivity index (χ3n) is 4.44. The number of thioether (sulfide) groups is 1. The van der Waals surface area contributed by atoms with E-state index in [0.29, 0.717) is 17.7 Å². The molecule has 0 bridgehead atoms. The molecule has 0 spiro atoms. The van der Waals surface area contributed by atoms with Gasteiger partial charge in [0.05, 0.1) is 0 Å². The van der Waals surface area contributed by atoms with Gasteiger partial charge in [0.15, 0.2) is 0 Å². The standard InChI is InChI=1S/C19H18F2N2O2S/c1-2-19(13-3-5-14(20)6-4-13)17(24)23(18(25)22-19)11-12-26-16-9-7-15(21)8-10-16/h3-10H,2,11-12H2,1H3,(H,22,25). The first-order valence-electron chi connectivity index (χ1n) is 8.25. The fourth-order valence-electron chi connectivity index (χ4n) is 2.99. The van der Waals surface area contributed by atoms with Gasteiger partial charge in [0.2, 0.25) is 0 Å². The Morgan fingerprint density at radius 3 is 2.15 bits per heavy atom. The molecular weight excluding hydrogens is 358 g/mol. The van der Waals surface area contributed by atoms with Crippen molar-refractivity contribution in [2.75, 3.05) is 12.3 Å². The summed E-state index contributed by atoms with van der Waals surface area (Å²) < 4.78 is 26.1. The highest BCUT2D eigenvalue weighted by molar-refractivity contribution is 7.99. The molecule has 0 aromatic heterocycles. The summed E-state index contributed by atoms with van der Waals surface area (Å²) in [6, 6.07) is 11.2. The zero-order chi connectivity index (χ0) is 18.7. The fourth-order valence-corrected chi connectivity index (χ4v) is 3.83. The topological polar surface area (TPSA) is 49.4 Å². The monoisotopic (exact) mass is 376 g/mol. The van der Waals surface area contributed by atoms with Crippen LogP contribution in [0.25, 0.3) is 0 Å². The van der Waals surface area contributed by atoms with Gasteiger partial charge < -0.3 is 5.32 Å². The van der Waals surface area contributed by atoms with Crippen LogP contribution in [-0.2, 0) is 10.3 Å². The van der Waals surface area contributed by atoms with Gasteiger partial charge in [-0.15, -0.1) is 11.8 Å². The van der Waals surface area contributed by atoms with E-state index < -0.39 is 17.4 Å². The average Bonchev–Trinajstić information content (AvgIpc) is 2.89. The Hall–Kier alpha value is -2.41. The van der Waals surface area contributed by atoms with E-state index in [4.69, 9.17) is 0 Å². The minimum atomic E-state index is -1.16. The predicted octanol–water partition coefficient (Wildman–Crippen LogP) is 3.91. The summed E-state index contributed by atoms with van der Waals surface area (Å²) >= 11 is 1.44. The van der Waals surface area contributed by atoms with Crippen molar-refractivity contribution in [1.29, 1.82) is 0 Å². The van der Waals surface area contributed by atoms with Crippen molar-refractivity contribution in [2.24, 2.45) is 0 Å². The predicted molar refractivity (Wildman–Crippen MR) is 95.7 cm³/mol. The van der Waals surface area contributed by atoms with Gasteiger partial charge in [-0.2, -0.15) is 0 Å². The Bertz CT molecular complexity index is 811. The summed E-state index contributed by atoms with van der Waals surface area (Å²) in [5.74, 6) is -0.551. The molecule has 2 aromatic rings. The molecule has 4 nitrogen and oxygen atoms in total. The maximum absolute atomic E-state index is 13.2. The molecule has 0 saturated carbocycles. The van der Waals surface area contributed by atoms with Crippen LogP contribution in [0.1, 0.15) is 18.9 Å². The van der Waals surface area contributed by atoms with E-state index in [1.54, 1.807) is 19.1 Å². The van der Waals surface area contributed by atoms with Crippen molar-refractivity contribution >= 4 is 23.7 Å². The van der Waals surface area contributed by atoms with Gasteiger partial charge in [0.1, 0.15) is 17.2 Å². The summed E-state index contributed by atoms with van der Waals surface area (Å²) in [4.78, 5) is 27.3. The Kier molecular flexibility index (Phi) is 5.27. The summed E-state index contributed by atoms with van der Waals surface area (Å²) in [5, 5.41) is 2.76. The highest BCUT2D eigenvalue weighted by Crippen LogP contribution is 2.33. The lowest BCUT2D eigenvalue weighted by molar-refractivity contribution is -0.131. The second kappa shape index (κ2) is 7.45. The van der Waals surface area contributed by atoms with Gasteiger partial charge in [-0.1, -0.05) is 19.1 Å². The molecule has 1 fully saturated rings. The number of nitrogens with zero attached hydrogens (tertiary/aromatic N) is 1. The molecule has 3 amide bonds. The first-order valence-corrected chi connectivity index (χ1v) is 9.23. The van der Waals surface area contributed by atoms with Crippen LogP contribution in [-0.4, -0.2) is 29.1 Å². The molecule has 2 aromatic carbocycles. The molecule has 26 heavy (non-hydrogen) atoms. The Morgan fingerprint density at radius 2 is 1.58 bits per heavy atom. The Balaban J connectivity index is 1.71. The third-order valence-corrected chi connectivity index (χ3v) is 5.43.